The minimum absolute atomic E-state index is 0.456. The van der Waals surface area contributed by atoms with Crippen LogP contribution in [0.1, 0.15) is 18.3 Å². The summed E-state index contributed by atoms with van der Waals surface area (Å²) in [5.74, 6) is 2.25. The lowest BCUT2D eigenvalue weighted by Crippen LogP contribution is -2.20. The van der Waals surface area contributed by atoms with Gasteiger partial charge in [0, 0.05) is 5.69 Å². The summed E-state index contributed by atoms with van der Waals surface area (Å²) in [4.78, 5) is 7.78. The van der Waals surface area contributed by atoms with E-state index in [4.69, 9.17) is 6.42 Å². The van der Waals surface area contributed by atoms with Crippen LogP contribution in [-0.4, -0.2) is 15.1 Å². The monoisotopic (exact) mass is 162 g/mol. The van der Waals surface area contributed by atoms with E-state index in [-0.39, 0.29) is 0 Å². The Morgan fingerprint density at radius 2 is 2.25 bits per heavy atom. The lowest BCUT2D eigenvalue weighted by atomic mass is 10.0. The minimum atomic E-state index is -1.30. The first kappa shape index (κ1) is 8.69. The van der Waals surface area contributed by atoms with Crippen LogP contribution in [0.3, 0.4) is 0 Å². The van der Waals surface area contributed by atoms with Crippen LogP contribution in [0.4, 0.5) is 0 Å². The molecule has 0 aliphatic rings. The fourth-order valence-corrected chi connectivity index (χ4v) is 0.795. The van der Waals surface area contributed by atoms with Gasteiger partial charge in [0.15, 0.2) is 5.60 Å². The van der Waals surface area contributed by atoms with Crippen molar-refractivity contribution in [3.8, 4) is 12.3 Å². The van der Waals surface area contributed by atoms with Crippen molar-refractivity contribution in [2.75, 3.05) is 0 Å². The Morgan fingerprint density at radius 1 is 1.58 bits per heavy atom. The molecule has 1 atom stereocenters. The average molecular weight is 162 g/mol. The first-order chi connectivity index (χ1) is 5.56. The standard InChI is InChI=1S/C9H10N2O/c1-4-9(3,12)8-5-7(2)10-6-11-8/h1,5-6,12H,2-3H3/t9-/m1/s1. The van der Waals surface area contributed by atoms with E-state index < -0.39 is 5.60 Å². The SMILES string of the molecule is C#C[C@@](C)(O)c1cc(C)ncn1. The van der Waals surface area contributed by atoms with Gasteiger partial charge in [0.05, 0.1) is 5.69 Å². The Balaban J connectivity index is 3.14. The predicted octanol–water partition coefficient (Wildman–Crippen LogP) is 0.626. The third kappa shape index (κ3) is 1.60. The van der Waals surface area contributed by atoms with Crippen molar-refractivity contribution in [2.24, 2.45) is 0 Å². The van der Waals surface area contributed by atoms with Gasteiger partial charge in [-0.2, -0.15) is 0 Å². The van der Waals surface area contributed by atoms with Gasteiger partial charge in [-0.05, 0) is 19.9 Å². The van der Waals surface area contributed by atoms with Crippen LogP contribution in [0, 0.1) is 19.3 Å². The summed E-state index contributed by atoms with van der Waals surface area (Å²) in [6.07, 6.45) is 6.51. The lowest BCUT2D eigenvalue weighted by molar-refractivity contribution is 0.117. The van der Waals surface area contributed by atoms with E-state index >= 15 is 0 Å². The maximum atomic E-state index is 9.59. The molecule has 0 saturated heterocycles. The summed E-state index contributed by atoms with van der Waals surface area (Å²) < 4.78 is 0. The number of rotatable bonds is 1. The second-order valence-electron chi connectivity index (χ2n) is 2.76. The molecule has 1 aromatic rings. The van der Waals surface area contributed by atoms with E-state index in [9.17, 15) is 5.11 Å². The third-order valence-electron chi connectivity index (χ3n) is 1.58. The average Bonchev–Trinajstić information content (AvgIpc) is 2.05. The van der Waals surface area contributed by atoms with Gasteiger partial charge >= 0.3 is 0 Å². The second-order valence-corrected chi connectivity index (χ2v) is 2.76. The van der Waals surface area contributed by atoms with E-state index in [1.807, 2.05) is 6.92 Å². The highest BCUT2D eigenvalue weighted by molar-refractivity contribution is 5.23. The maximum absolute atomic E-state index is 9.59. The van der Waals surface area contributed by atoms with Crippen molar-refractivity contribution >= 4 is 0 Å². The molecule has 0 bridgehead atoms. The molecule has 3 heteroatoms. The number of nitrogens with zero attached hydrogens (tertiary/aromatic N) is 2. The van der Waals surface area contributed by atoms with Crippen molar-refractivity contribution in [3.05, 3.63) is 23.8 Å². The highest BCUT2D eigenvalue weighted by atomic mass is 16.3. The molecule has 0 radical (unpaired) electrons. The van der Waals surface area contributed by atoms with Gasteiger partial charge in [-0.15, -0.1) is 6.42 Å². The Hall–Kier alpha value is -1.40. The molecule has 1 aromatic heterocycles. The first-order valence-corrected chi connectivity index (χ1v) is 3.55. The number of aromatic nitrogens is 2. The first-order valence-electron chi connectivity index (χ1n) is 3.55. The number of terminal acetylenes is 1. The van der Waals surface area contributed by atoms with Gasteiger partial charge in [0.1, 0.15) is 6.33 Å². The number of hydrogen-bond acceptors (Lipinski definition) is 3. The zero-order valence-corrected chi connectivity index (χ0v) is 7.07. The van der Waals surface area contributed by atoms with Crippen LogP contribution < -0.4 is 0 Å². The molecule has 1 N–H and O–H groups in total. The van der Waals surface area contributed by atoms with Crippen LogP contribution in [-0.2, 0) is 5.60 Å². The van der Waals surface area contributed by atoms with Crippen LogP contribution >= 0.6 is 0 Å². The Labute approximate surface area is 71.5 Å². The maximum Gasteiger partial charge on any atom is 0.164 e. The van der Waals surface area contributed by atoms with Gasteiger partial charge in [-0.1, -0.05) is 5.92 Å². The molecule has 0 saturated carbocycles. The number of hydrogen-bond donors (Lipinski definition) is 1. The molecule has 0 aliphatic heterocycles. The molecule has 0 spiro atoms. The fourth-order valence-electron chi connectivity index (χ4n) is 0.795. The van der Waals surface area contributed by atoms with Crippen LogP contribution in [0.25, 0.3) is 0 Å². The third-order valence-corrected chi connectivity index (χ3v) is 1.58. The second kappa shape index (κ2) is 2.92. The molecule has 62 valence electrons. The Bertz CT molecular complexity index is 326. The predicted molar refractivity (Wildman–Crippen MR) is 45.2 cm³/mol. The van der Waals surface area contributed by atoms with Gasteiger partial charge in [-0.25, -0.2) is 9.97 Å². The molecule has 0 unspecified atom stereocenters. The zero-order valence-electron chi connectivity index (χ0n) is 7.07. The molecular formula is C9H10N2O. The van der Waals surface area contributed by atoms with Gasteiger partial charge < -0.3 is 5.11 Å². The Morgan fingerprint density at radius 3 is 2.75 bits per heavy atom. The number of aryl methyl sites for hydroxylation is 1. The van der Waals surface area contributed by atoms with Crippen molar-refractivity contribution in [1.29, 1.82) is 0 Å². The molecule has 3 nitrogen and oxygen atoms in total. The van der Waals surface area contributed by atoms with Crippen LogP contribution in [0.5, 0.6) is 0 Å². The van der Waals surface area contributed by atoms with E-state index in [0.717, 1.165) is 5.69 Å². The summed E-state index contributed by atoms with van der Waals surface area (Å²) >= 11 is 0. The van der Waals surface area contributed by atoms with Crippen molar-refractivity contribution in [2.45, 2.75) is 19.4 Å². The summed E-state index contributed by atoms with van der Waals surface area (Å²) in [5.41, 5.74) is -0.0544. The van der Waals surface area contributed by atoms with E-state index in [1.165, 1.54) is 13.3 Å². The summed E-state index contributed by atoms with van der Waals surface area (Å²) in [6.45, 7) is 3.34. The summed E-state index contributed by atoms with van der Waals surface area (Å²) in [5, 5.41) is 9.59. The number of aliphatic hydroxyl groups is 1. The smallest absolute Gasteiger partial charge is 0.164 e. The van der Waals surface area contributed by atoms with Crippen LogP contribution in [0.15, 0.2) is 12.4 Å². The molecule has 0 aromatic carbocycles. The highest BCUT2D eigenvalue weighted by Gasteiger charge is 2.21. The molecule has 1 heterocycles. The van der Waals surface area contributed by atoms with Crippen molar-refractivity contribution in [3.63, 3.8) is 0 Å². The minimum Gasteiger partial charge on any atom is -0.372 e. The quantitative estimate of drug-likeness (QED) is 0.616. The highest BCUT2D eigenvalue weighted by Crippen LogP contribution is 2.16. The molecule has 12 heavy (non-hydrogen) atoms. The van der Waals surface area contributed by atoms with E-state index in [2.05, 4.69) is 15.9 Å². The molecule has 0 aliphatic carbocycles. The molecule has 1 rings (SSSR count). The topological polar surface area (TPSA) is 46.0 Å². The fraction of sp³-hybridized carbons (Fsp3) is 0.333. The summed E-state index contributed by atoms with van der Waals surface area (Å²) in [7, 11) is 0. The van der Waals surface area contributed by atoms with Gasteiger partial charge in [0.2, 0.25) is 0 Å². The molecular weight excluding hydrogens is 152 g/mol. The summed E-state index contributed by atoms with van der Waals surface area (Å²) in [6, 6.07) is 1.67. The zero-order chi connectivity index (χ0) is 9.19. The van der Waals surface area contributed by atoms with Crippen molar-refractivity contribution in [1.82, 2.24) is 9.97 Å². The molecule has 0 fully saturated rings. The van der Waals surface area contributed by atoms with Crippen LogP contribution in [0.2, 0.25) is 0 Å². The molecule has 0 amide bonds. The van der Waals surface area contributed by atoms with Crippen molar-refractivity contribution < 1.29 is 5.11 Å². The van der Waals surface area contributed by atoms with Gasteiger partial charge in [0.25, 0.3) is 0 Å². The Kier molecular flexibility index (Phi) is 2.11. The lowest BCUT2D eigenvalue weighted by Gasteiger charge is -2.14. The van der Waals surface area contributed by atoms with E-state index in [0.29, 0.717) is 5.69 Å². The largest absolute Gasteiger partial charge is 0.372 e. The normalized spacial score (nSPS) is 14.8. The van der Waals surface area contributed by atoms with Gasteiger partial charge in [-0.3, -0.25) is 0 Å². The van der Waals surface area contributed by atoms with E-state index in [1.54, 1.807) is 6.07 Å².